The summed E-state index contributed by atoms with van der Waals surface area (Å²) in [5.74, 6) is 0.779. The maximum atomic E-state index is 12.2. The molecule has 0 aliphatic heterocycles. The molecular weight excluding hydrogens is 394 g/mol. The highest BCUT2D eigenvalue weighted by Gasteiger charge is 2.21. The van der Waals surface area contributed by atoms with Crippen LogP contribution in [0.2, 0.25) is 0 Å². The SMILES string of the molecule is CN(CCC(Oc1ccccc1Br)c1ccccc1)C(=O)OC(C)(C)C. The predicted molar refractivity (Wildman–Crippen MR) is 107 cm³/mol. The average molecular weight is 420 g/mol. The van der Waals surface area contributed by atoms with Gasteiger partial charge in [0.25, 0.3) is 0 Å². The topological polar surface area (TPSA) is 38.8 Å². The van der Waals surface area contributed by atoms with Crippen molar-refractivity contribution in [1.29, 1.82) is 0 Å². The highest BCUT2D eigenvalue weighted by Crippen LogP contribution is 2.30. The molecule has 2 aromatic carbocycles. The number of nitrogens with zero attached hydrogens (tertiary/aromatic N) is 1. The number of carbonyl (C=O) groups excluding carboxylic acids is 1. The monoisotopic (exact) mass is 419 g/mol. The zero-order valence-corrected chi connectivity index (χ0v) is 17.3. The van der Waals surface area contributed by atoms with Gasteiger partial charge in [0, 0.05) is 20.0 Å². The summed E-state index contributed by atoms with van der Waals surface area (Å²) in [5.41, 5.74) is 0.566. The second kappa shape index (κ2) is 9.08. The van der Waals surface area contributed by atoms with Gasteiger partial charge in [-0.1, -0.05) is 42.5 Å². The fraction of sp³-hybridized carbons (Fsp3) is 0.381. The third kappa shape index (κ3) is 6.37. The molecule has 2 aromatic rings. The lowest BCUT2D eigenvalue weighted by molar-refractivity contribution is 0.0278. The van der Waals surface area contributed by atoms with E-state index in [0.717, 1.165) is 15.8 Å². The second-order valence-electron chi connectivity index (χ2n) is 7.14. The molecule has 0 aliphatic carbocycles. The lowest BCUT2D eigenvalue weighted by Gasteiger charge is -2.26. The zero-order valence-electron chi connectivity index (χ0n) is 15.7. The van der Waals surface area contributed by atoms with Gasteiger partial charge in [0.05, 0.1) is 4.47 Å². The molecule has 0 spiro atoms. The summed E-state index contributed by atoms with van der Waals surface area (Å²) in [6, 6.07) is 17.8. The van der Waals surface area contributed by atoms with Crippen LogP contribution in [0.15, 0.2) is 59.1 Å². The summed E-state index contributed by atoms with van der Waals surface area (Å²) >= 11 is 3.52. The van der Waals surface area contributed by atoms with E-state index < -0.39 is 5.60 Å². The van der Waals surface area contributed by atoms with Crippen molar-refractivity contribution in [2.45, 2.75) is 38.9 Å². The van der Waals surface area contributed by atoms with Crippen molar-refractivity contribution in [3.05, 3.63) is 64.6 Å². The summed E-state index contributed by atoms with van der Waals surface area (Å²) in [7, 11) is 1.74. The number of rotatable bonds is 6. The smallest absolute Gasteiger partial charge is 0.410 e. The van der Waals surface area contributed by atoms with E-state index in [9.17, 15) is 4.79 Å². The van der Waals surface area contributed by atoms with E-state index in [0.29, 0.717) is 13.0 Å². The largest absolute Gasteiger partial charge is 0.484 e. The third-order valence-corrected chi connectivity index (χ3v) is 4.36. The van der Waals surface area contributed by atoms with Crippen molar-refractivity contribution in [2.75, 3.05) is 13.6 Å². The van der Waals surface area contributed by atoms with Gasteiger partial charge < -0.3 is 14.4 Å². The highest BCUT2D eigenvalue weighted by atomic mass is 79.9. The van der Waals surface area contributed by atoms with Crippen LogP contribution in [0.4, 0.5) is 4.79 Å². The first-order valence-electron chi connectivity index (χ1n) is 8.66. The number of benzene rings is 2. The quantitative estimate of drug-likeness (QED) is 0.591. The van der Waals surface area contributed by atoms with Crippen LogP contribution in [-0.2, 0) is 4.74 Å². The van der Waals surface area contributed by atoms with Crippen LogP contribution >= 0.6 is 15.9 Å². The van der Waals surface area contributed by atoms with E-state index in [1.54, 1.807) is 11.9 Å². The van der Waals surface area contributed by atoms with Crippen LogP contribution in [-0.4, -0.2) is 30.2 Å². The fourth-order valence-electron chi connectivity index (χ4n) is 2.40. The van der Waals surface area contributed by atoms with Gasteiger partial charge in [-0.15, -0.1) is 0 Å². The first kappa shape index (κ1) is 20.3. The zero-order chi connectivity index (χ0) is 19.2. The molecule has 4 nitrogen and oxygen atoms in total. The summed E-state index contributed by atoms with van der Waals surface area (Å²) in [6.45, 7) is 6.11. The molecule has 0 N–H and O–H groups in total. The van der Waals surface area contributed by atoms with Crippen molar-refractivity contribution < 1.29 is 14.3 Å². The maximum absolute atomic E-state index is 12.2. The summed E-state index contributed by atoms with van der Waals surface area (Å²) in [6.07, 6.45) is 0.158. The molecule has 2 rings (SSSR count). The Morgan fingerprint density at radius 3 is 2.31 bits per heavy atom. The minimum Gasteiger partial charge on any atom is -0.484 e. The molecule has 5 heteroatoms. The van der Waals surface area contributed by atoms with Crippen LogP contribution in [0.1, 0.15) is 38.9 Å². The minimum absolute atomic E-state index is 0.167. The van der Waals surface area contributed by atoms with Gasteiger partial charge in [0.1, 0.15) is 17.5 Å². The van der Waals surface area contributed by atoms with E-state index in [1.807, 2.05) is 75.4 Å². The van der Waals surface area contributed by atoms with Crippen LogP contribution in [0.3, 0.4) is 0 Å². The fourth-order valence-corrected chi connectivity index (χ4v) is 2.78. The van der Waals surface area contributed by atoms with Crippen LogP contribution < -0.4 is 4.74 Å². The maximum Gasteiger partial charge on any atom is 0.410 e. The van der Waals surface area contributed by atoms with E-state index in [-0.39, 0.29) is 12.2 Å². The van der Waals surface area contributed by atoms with Gasteiger partial charge in [-0.25, -0.2) is 4.79 Å². The van der Waals surface area contributed by atoms with Crippen molar-refractivity contribution in [3.63, 3.8) is 0 Å². The Morgan fingerprint density at radius 1 is 1.08 bits per heavy atom. The summed E-state index contributed by atoms with van der Waals surface area (Å²) < 4.78 is 12.6. The molecule has 0 heterocycles. The van der Waals surface area contributed by atoms with Gasteiger partial charge >= 0.3 is 6.09 Å². The summed E-state index contributed by atoms with van der Waals surface area (Å²) in [4.78, 5) is 13.8. The molecule has 0 aliphatic rings. The lowest BCUT2D eigenvalue weighted by atomic mass is 10.1. The number of para-hydroxylation sites is 1. The molecule has 0 saturated carbocycles. The number of halogens is 1. The first-order valence-corrected chi connectivity index (χ1v) is 9.46. The Hall–Kier alpha value is -2.01. The second-order valence-corrected chi connectivity index (χ2v) is 7.99. The molecule has 140 valence electrons. The third-order valence-electron chi connectivity index (χ3n) is 3.71. The molecule has 26 heavy (non-hydrogen) atoms. The molecule has 0 saturated heterocycles. The Balaban J connectivity index is 2.08. The molecule has 1 atom stereocenters. The van der Waals surface area contributed by atoms with Crippen LogP contribution in [0, 0.1) is 0 Å². The Labute approximate surface area is 164 Å². The number of amides is 1. The van der Waals surface area contributed by atoms with Crippen LogP contribution in [0.25, 0.3) is 0 Å². The van der Waals surface area contributed by atoms with Crippen LogP contribution in [0.5, 0.6) is 5.75 Å². The highest BCUT2D eigenvalue weighted by molar-refractivity contribution is 9.10. The van der Waals surface area contributed by atoms with Crippen molar-refractivity contribution >= 4 is 22.0 Å². The lowest BCUT2D eigenvalue weighted by Crippen LogP contribution is -2.35. The number of hydrogen-bond donors (Lipinski definition) is 0. The van der Waals surface area contributed by atoms with Gasteiger partial charge in [-0.05, 0) is 54.4 Å². The molecule has 0 bridgehead atoms. The Kier molecular flexibility index (Phi) is 7.09. The number of ether oxygens (including phenoxy) is 2. The Bertz CT molecular complexity index is 713. The van der Waals surface area contributed by atoms with E-state index >= 15 is 0 Å². The van der Waals surface area contributed by atoms with Gasteiger partial charge in [-0.2, -0.15) is 0 Å². The number of carbonyl (C=O) groups is 1. The van der Waals surface area contributed by atoms with E-state index in [4.69, 9.17) is 9.47 Å². The molecule has 1 unspecified atom stereocenters. The molecular formula is C21H26BrNO3. The summed E-state index contributed by atoms with van der Waals surface area (Å²) in [5, 5.41) is 0. The molecule has 1 amide bonds. The van der Waals surface area contributed by atoms with Crippen molar-refractivity contribution in [2.24, 2.45) is 0 Å². The molecule has 0 aromatic heterocycles. The van der Waals surface area contributed by atoms with Crippen molar-refractivity contribution in [1.82, 2.24) is 4.90 Å². The number of hydrogen-bond acceptors (Lipinski definition) is 3. The normalized spacial score (nSPS) is 12.3. The van der Waals surface area contributed by atoms with Gasteiger partial charge in [0.2, 0.25) is 0 Å². The first-order chi connectivity index (χ1) is 12.3. The predicted octanol–water partition coefficient (Wildman–Crippen LogP) is 5.83. The van der Waals surface area contributed by atoms with Gasteiger partial charge in [-0.3, -0.25) is 0 Å². The van der Waals surface area contributed by atoms with Crippen molar-refractivity contribution in [3.8, 4) is 5.75 Å². The standard InChI is InChI=1S/C21H26BrNO3/c1-21(2,3)26-20(24)23(4)15-14-18(16-10-6-5-7-11-16)25-19-13-9-8-12-17(19)22/h5-13,18H,14-15H2,1-4H3. The minimum atomic E-state index is -0.504. The van der Waals surface area contributed by atoms with E-state index in [2.05, 4.69) is 15.9 Å². The average Bonchev–Trinajstić information content (AvgIpc) is 2.59. The Morgan fingerprint density at radius 2 is 1.69 bits per heavy atom. The van der Waals surface area contributed by atoms with E-state index in [1.165, 1.54) is 0 Å². The van der Waals surface area contributed by atoms with Gasteiger partial charge in [0.15, 0.2) is 0 Å². The molecule has 0 fully saturated rings. The molecule has 0 radical (unpaired) electrons.